The quantitative estimate of drug-likeness (QED) is 0.315. The van der Waals surface area contributed by atoms with E-state index >= 15 is 0 Å². The topological polar surface area (TPSA) is 26.3 Å². The van der Waals surface area contributed by atoms with E-state index in [0.717, 1.165) is 6.08 Å². The molecule has 0 aromatic carbocycles. The standard InChI is InChI=1S/C6H6O2.U/c1-4-5(2)6(7)8-3;/h1-2,4H,3H3;/q-2;+2. The number of ether oxygens (including phenoxy) is 1. The fourth-order valence-corrected chi connectivity index (χ4v) is 0.186. The molecule has 3 heteroatoms. The summed E-state index contributed by atoms with van der Waals surface area (Å²) in [6.45, 7) is 9.85. The van der Waals surface area contributed by atoms with Crippen molar-refractivity contribution < 1.29 is 40.6 Å². The zero-order valence-corrected chi connectivity index (χ0v) is 9.21. The van der Waals surface area contributed by atoms with E-state index in [1.54, 1.807) is 0 Å². The molecule has 0 aliphatic rings. The van der Waals surface area contributed by atoms with Crippen LogP contribution in [0.15, 0.2) is 11.6 Å². The molecule has 2 nitrogen and oxygen atoms in total. The van der Waals surface area contributed by atoms with Crippen molar-refractivity contribution in [3.63, 3.8) is 0 Å². The van der Waals surface area contributed by atoms with Gasteiger partial charge in [-0.2, -0.15) is 0 Å². The summed E-state index contributed by atoms with van der Waals surface area (Å²) in [5.41, 5.74) is -0.0764. The van der Waals surface area contributed by atoms with Gasteiger partial charge in [0.15, 0.2) is 0 Å². The van der Waals surface area contributed by atoms with Crippen molar-refractivity contribution in [1.82, 2.24) is 0 Å². The second-order valence-corrected chi connectivity index (χ2v) is 1.11. The van der Waals surface area contributed by atoms with Crippen molar-refractivity contribution in [2.24, 2.45) is 0 Å². The van der Waals surface area contributed by atoms with Crippen LogP contribution in [0.25, 0.3) is 0 Å². The van der Waals surface area contributed by atoms with Crippen LogP contribution in [0.4, 0.5) is 0 Å². The molecule has 0 aliphatic heterocycles. The molecular weight excluding hydrogens is 342 g/mol. The van der Waals surface area contributed by atoms with Crippen LogP contribution in [0.1, 0.15) is 0 Å². The molecule has 0 bridgehead atoms. The zero-order chi connectivity index (χ0) is 6.57. The van der Waals surface area contributed by atoms with Gasteiger partial charge < -0.3 is 28.8 Å². The van der Waals surface area contributed by atoms with Gasteiger partial charge in [-0.15, -0.1) is 0 Å². The third-order valence-electron chi connectivity index (χ3n) is 0.601. The Morgan fingerprint density at radius 1 is 1.67 bits per heavy atom. The maximum atomic E-state index is 10.2. The second-order valence-electron chi connectivity index (χ2n) is 1.11. The summed E-state index contributed by atoms with van der Waals surface area (Å²) in [5.74, 6) is -0.604. The molecule has 0 aromatic heterocycles. The average Bonchev–Trinajstić information content (AvgIpc) is 1.84. The van der Waals surface area contributed by atoms with Gasteiger partial charge in [0.2, 0.25) is 0 Å². The number of methoxy groups -OCH3 is 1. The summed E-state index contributed by atoms with van der Waals surface area (Å²) >= 11 is 0. The summed E-state index contributed by atoms with van der Waals surface area (Å²) in [7, 11) is 1.23. The first-order chi connectivity index (χ1) is 3.72. The first-order valence-electron chi connectivity index (χ1n) is 1.98. The van der Waals surface area contributed by atoms with E-state index in [4.69, 9.17) is 13.2 Å². The van der Waals surface area contributed by atoms with Crippen LogP contribution >= 0.6 is 0 Å². The molecule has 9 heavy (non-hydrogen) atoms. The van der Waals surface area contributed by atoms with Crippen molar-refractivity contribution in [1.29, 1.82) is 0 Å². The van der Waals surface area contributed by atoms with E-state index in [9.17, 15) is 4.79 Å². The Bertz CT molecular complexity index is 129. The van der Waals surface area contributed by atoms with Crippen LogP contribution in [0, 0.1) is 44.3 Å². The zero-order valence-electron chi connectivity index (χ0n) is 5.05. The third-order valence-corrected chi connectivity index (χ3v) is 0.601. The van der Waals surface area contributed by atoms with Gasteiger partial charge in [0.1, 0.15) is 5.97 Å². The molecule has 0 aromatic rings. The predicted octanol–water partition coefficient (Wildman–Crippen LogP) is 0.508. The molecule has 0 atom stereocenters. The van der Waals surface area contributed by atoms with Crippen LogP contribution in [-0.4, -0.2) is 13.1 Å². The monoisotopic (exact) mass is 348 g/mol. The van der Waals surface area contributed by atoms with E-state index in [1.807, 2.05) is 0 Å². The number of carbonyl (C=O) groups is 1. The normalized spacial score (nSPS) is 6.78. The van der Waals surface area contributed by atoms with E-state index in [2.05, 4.69) is 4.74 Å². The molecule has 0 saturated heterocycles. The van der Waals surface area contributed by atoms with E-state index in [0.29, 0.717) is 0 Å². The Morgan fingerprint density at radius 2 is 2.11 bits per heavy atom. The summed E-state index contributed by atoms with van der Waals surface area (Å²) in [6.07, 6.45) is 0.992. The minimum absolute atomic E-state index is 0. The molecule has 0 heterocycles. The van der Waals surface area contributed by atoms with Crippen LogP contribution < -0.4 is 0 Å². The van der Waals surface area contributed by atoms with Crippen molar-refractivity contribution in [2.45, 2.75) is 0 Å². The van der Waals surface area contributed by atoms with Gasteiger partial charge in [0, 0.05) is 0 Å². The Balaban J connectivity index is 0. The molecule has 0 unspecified atom stereocenters. The molecule has 0 rings (SSSR count). The molecule has 0 N–H and O–H groups in total. The smallest absolute Gasteiger partial charge is 0.536 e. The summed E-state index contributed by atoms with van der Waals surface area (Å²) in [4.78, 5) is 10.2. The maximum Gasteiger partial charge on any atom is 2.00 e. The van der Waals surface area contributed by atoms with Crippen LogP contribution in [0.5, 0.6) is 0 Å². The van der Waals surface area contributed by atoms with Crippen molar-refractivity contribution in [3.05, 3.63) is 24.8 Å². The van der Waals surface area contributed by atoms with Gasteiger partial charge in [-0.1, -0.05) is 0 Å². The molecule has 0 saturated carbocycles. The summed E-state index contributed by atoms with van der Waals surface area (Å²) < 4.78 is 4.19. The minimum Gasteiger partial charge on any atom is -0.536 e. The fraction of sp³-hybridized carbons (Fsp3) is 0.167. The van der Waals surface area contributed by atoms with Gasteiger partial charge >= 0.3 is 31.1 Å². The van der Waals surface area contributed by atoms with Crippen LogP contribution in [-0.2, 0) is 9.53 Å². The summed E-state index contributed by atoms with van der Waals surface area (Å²) in [5, 5.41) is 0. The number of carbonyl (C=O) groups excluding carboxylic acids is 1. The van der Waals surface area contributed by atoms with Gasteiger partial charge in [-0.3, -0.25) is 5.57 Å². The fourth-order valence-electron chi connectivity index (χ4n) is 0.186. The SMILES string of the molecule is [CH-]=CC(=[CH-])C(=O)OC.[U+2]. The van der Waals surface area contributed by atoms with Crippen LogP contribution in [0.2, 0.25) is 0 Å². The molecular formula is C6H6O2U. The number of hydrogen-bond acceptors (Lipinski definition) is 2. The van der Waals surface area contributed by atoms with Crippen molar-refractivity contribution >= 4 is 5.97 Å². The Morgan fingerprint density at radius 3 is 2.22 bits per heavy atom. The molecule has 0 fully saturated rings. The van der Waals surface area contributed by atoms with Crippen molar-refractivity contribution in [3.8, 4) is 0 Å². The van der Waals surface area contributed by atoms with Gasteiger partial charge in [0.25, 0.3) is 0 Å². The summed E-state index contributed by atoms with van der Waals surface area (Å²) in [6, 6.07) is 0. The van der Waals surface area contributed by atoms with Crippen LogP contribution in [0.3, 0.4) is 0 Å². The number of hydrogen-bond donors (Lipinski definition) is 0. The molecule has 0 spiro atoms. The molecule has 0 amide bonds. The minimum atomic E-state index is -0.604. The first-order valence-corrected chi connectivity index (χ1v) is 1.98. The number of rotatable bonds is 2. The Labute approximate surface area is 78.3 Å². The largest absolute Gasteiger partial charge is 2.00 e. The molecule has 0 aliphatic carbocycles. The van der Waals surface area contributed by atoms with Gasteiger partial charge in [-0.05, 0) is 0 Å². The van der Waals surface area contributed by atoms with Gasteiger partial charge in [0.05, 0.1) is 7.11 Å². The Hall–Kier alpha value is 0.00195. The van der Waals surface area contributed by atoms with E-state index in [1.165, 1.54) is 7.11 Å². The Kier molecular flexibility index (Phi) is 8.00. The van der Waals surface area contributed by atoms with E-state index in [-0.39, 0.29) is 36.7 Å². The molecule has 46 valence electrons. The van der Waals surface area contributed by atoms with Crippen molar-refractivity contribution in [2.75, 3.05) is 7.11 Å². The second kappa shape index (κ2) is 6.13. The first kappa shape index (κ1) is 11.8. The molecule has 0 radical (unpaired) electrons. The maximum absolute atomic E-state index is 10.2. The predicted molar refractivity (Wildman–Crippen MR) is 28.7 cm³/mol. The third kappa shape index (κ3) is 4.50. The number of esters is 1. The van der Waals surface area contributed by atoms with E-state index < -0.39 is 5.97 Å². The van der Waals surface area contributed by atoms with Gasteiger partial charge in [-0.25, -0.2) is 0 Å². The average molecular weight is 348 g/mol.